The first-order valence-electron chi connectivity index (χ1n) is 6.71. The van der Waals surface area contributed by atoms with Crippen molar-refractivity contribution in [2.75, 3.05) is 5.32 Å². The molecule has 2 rings (SSSR count). The van der Waals surface area contributed by atoms with Crippen molar-refractivity contribution in [3.8, 4) is 0 Å². The first-order chi connectivity index (χ1) is 10.5. The van der Waals surface area contributed by atoms with Crippen LogP contribution >= 0.6 is 0 Å². The van der Waals surface area contributed by atoms with Crippen LogP contribution in [0, 0.1) is 13.8 Å². The Bertz CT molecular complexity index is 751. The molecule has 1 amide bonds. The van der Waals surface area contributed by atoms with Gasteiger partial charge < -0.3 is 10.4 Å². The van der Waals surface area contributed by atoms with Crippen molar-refractivity contribution in [2.45, 2.75) is 13.8 Å². The van der Waals surface area contributed by atoms with Gasteiger partial charge >= 0.3 is 5.97 Å². The highest BCUT2D eigenvalue weighted by molar-refractivity contribution is 6.05. The van der Waals surface area contributed by atoms with Gasteiger partial charge in [0.05, 0.1) is 17.4 Å². The zero-order chi connectivity index (χ0) is 16.1. The van der Waals surface area contributed by atoms with Gasteiger partial charge in [-0.25, -0.2) is 4.79 Å². The van der Waals surface area contributed by atoms with Gasteiger partial charge in [0.25, 0.3) is 0 Å². The highest BCUT2D eigenvalue weighted by Crippen LogP contribution is 2.14. The average Bonchev–Trinajstić information content (AvgIpc) is 2.49. The number of aryl methyl sites for hydroxylation is 2. The fraction of sp³-hybridized carbons (Fsp3) is 0.118. The maximum absolute atomic E-state index is 11.9. The van der Waals surface area contributed by atoms with Crippen LogP contribution in [0.1, 0.15) is 27.0 Å². The summed E-state index contributed by atoms with van der Waals surface area (Å²) in [5.41, 5.74) is 3.40. The Labute approximate surface area is 128 Å². The third-order valence-electron chi connectivity index (χ3n) is 3.27. The number of hydrogen-bond acceptors (Lipinski definition) is 3. The molecule has 0 spiro atoms. The van der Waals surface area contributed by atoms with Crippen molar-refractivity contribution < 1.29 is 14.7 Å². The van der Waals surface area contributed by atoms with Crippen LogP contribution in [-0.2, 0) is 4.79 Å². The predicted molar refractivity (Wildman–Crippen MR) is 84.8 cm³/mol. The lowest BCUT2D eigenvalue weighted by Gasteiger charge is -2.05. The molecule has 0 fully saturated rings. The minimum atomic E-state index is -1.11. The van der Waals surface area contributed by atoms with Crippen molar-refractivity contribution in [1.29, 1.82) is 0 Å². The molecule has 0 bridgehead atoms. The van der Waals surface area contributed by atoms with E-state index >= 15 is 0 Å². The normalized spacial score (nSPS) is 10.6. The van der Waals surface area contributed by atoms with Crippen LogP contribution in [0.4, 0.5) is 5.69 Å². The monoisotopic (exact) mass is 296 g/mol. The highest BCUT2D eigenvalue weighted by atomic mass is 16.4. The Kier molecular flexibility index (Phi) is 4.68. The summed E-state index contributed by atoms with van der Waals surface area (Å²) in [6.07, 6.45) is 5.72. The van der Waals surface area contributed by atoms with Gasteiger partial charge in [0, 0.05) is 12.3 Å². The van der Waals surface area contributed by atoms with Crippen molar-refractivity contribution in [3.05, 3.63) is 65.0 Å². The molecule has 0 atom stereocenters. The first kappa shape index (κ1) is 15.4. The number of aromatic nitrogens is 1. The molecule has 2 N–H and O–H groups in total. The van der Waals surface area contributed by atoms with Gasteiger partial charge in [-0.15, -0.1) is 0 Å². The summed E-state index contributed by atoms with van der Waals surface area (Å²) in [7, 11) is 0. The Morgan fingerprint density at radius 3 is 2.64 bits per heavy atom. The summed E-state index contributed by atoms with van der Waals surface area (Å²) in [6, 6.07) is 7.21. The van der Waals surface area contributed by atoms with E-state index < -0.39 is 11.9 Å². The van der Waals surface area contributed by atoms with E-state index in [9.17, 15) is 9.59 Å². The van der Waals surface area contributed by atoms with Crippen LogP contribution in [0.15, 0.2) is 42.7 Å². The molecule has 1 heterocycles. The van der Waals surface area contributed by atoms with Crippen LogP contribution < -0.4 is 5.32 Å². The lowest BCUT2D eigenvalue weighted by atomic mass is 10.1. The summed E-state index contributed by atoms with van der Waals surface area (Å²) in [4.78, 5) is 26.8. The van der Waals surface area contributed by atoms with Crippen molar-refractivity contribution in [1.82, 2.24) is 4.98 Å². The van der Waals surface area contributed by atoms with E-state index in [2.05, 4.69) is 10.3 Å². The van der Waals surface area contributed by atoms with Crippen LogP contribution in [0.3, 0.4) is 0 Å². The molecule has 112 valence electrons. The standard InChI is InChI=1S/C17H16N2O3/c1-11-3-4-13(9-12(11)2)5-6-16(20)19-15-10-18-8-7-14(15)17(21)22/h3-10H,1-2H3,(H,19,20)(H,21,22)/b6-5+. The van der Waals surface area contributed by atoms with E-state index in [4.69, 9.17) is 5.11 Å². The molecule has 1 aromatic carbocycles. The van der Waals surface area contributed by atoms with Crippen LogP contribution in [0.5, 0.6) is 0 Å². The smallest absolute Gasteiger partial charge is 0.337 e. The van der Waals surface area contributed by atoms with Crippen molar-refractivity contribution in [3.63, 3.8) is 0 Å². The zero-order valence-electron chi connectivity index (χ0n) is 12.3. The molecule has 0 aliphatic rings. The summed E-state index contributed by atoms with van der Waals surface area (Å²) < 4.78 is 0. The van der Waals surface area contributed by atoms with Crippen LogP contribution in [-0.4, -0.2) is 22.0 Å². The predicted octanol–water partition coefficient (Wildman–Crippen LogP) is 3.05. The largest absolute Gasteiger partial charge is 0.478 e. The number of rotatable bonds is 4. The van der Waals surface area contributed by atoms with Crippen LogP contribution in [0.2, 0.25) is 0 Å². The number of nitrogens with zero attached hydrogens (tertiary/aromatic N) is 1. The second-order valence-corrected chi connectivity index (χ2v) is 4.89. The van der Waals surface area contributed by atoms with Gasteiger partial charge in [-0.05, 0) is 42.7 Å². The topological polar surface area (TPSA) is 79.3 Å². The second kappa shape index (κ2) is 6.67. The number of hydrogen-bond donors (Lipinski definition) is 2. The van der Waals surface area contributed by atoms with Crippen molar-refractivity contribution >= 4 is 23.6 Å². The average molecular weight is 296 g/mol. The number of carbonyl (C=O) groups is 2. The summed E-state index contributed by atoms with van der Waals surface area (Å²) in [5, 5.41) is 11.6. The molecule has 0 saturated heterocycles. The molecule has 1 aromatic heterocycles. The number of amides is 1. The van der Waals surface area contributed by atoms with Gasteiger partial charge in [0.15, 0.2) is 0 Å². The maximum Gasteiger partial charge on any atom is 0.337 e. The first-order valence-corrected chi connectivity index (χ1v) is 6.71. The quantitative estimate of drug-likeness (QED) is 0.850. The number of anilines is 1. The minimum Gasteiger partial charge on any atom is -0.478 e. The Morgan fingerprint density at radius 2 is 1.95 bits per heavy atom. The summed E-state index contributed by atoms with van der Waals surface area (Å²) >= 11 is 0. The molecule has 22 heavy (non-hydrogen) atoms. The Morgan fingerprint density at radius 1 is 1.18 bits per heavy atom. The molecule has 0 unspecified atom stereocenters. The highest BCUT2D eigenvalue weighted by Gasteiger charge is 2.10. The molecule has 0 aliphatic heterocycles. The van der Waals surface area contributed by atoms with E-state index in [1.807, 2.05) is 32.0 Å². The number of carbonyl (C=O) groups excluding carboxylic acids is 1. The molecule has 0 saturated carbocycles. The lowest BCUT2D eigenvalue weighted by Crippen LogP contribution is -2.12. The summed E-state index contributed by atoms with van der Waals surface area (Å²) in [6.45, 7) is 4.02. The van der Waals surface area contributed by atoms with E-state index in [0.717, 1.165) is 11.1 Å². The summed E-state index contributed by atoms with van der Waals surface area (Å²) in [5.74, 6) is -1.52. The molecule has 2 aromatic rings. The number of benzene rings is 1. The maximum atomic E-state index is 11.9. The number of nitrogens with one attached hydrogen (secondary N) is 1. The van der Waals surface area contributed by atoms with E-state index in [1.54, 1.807) is 6.08 Å². The molecule has 0 radical (unpaired) electrons. The van der Waals surface area contributed by atoms with Gasteiger partial charge in [-0.3, -0.25) is 9.78 Å². The van der Waals surface area contributed by atoms with Gasteiger partial charge in [0.2, 0.25) is 5.91 Å². The number of carboxylic acids is 1. The Balaban J connectivity index is 2.11. The molecule has 5 nitrogen and oxygen atoms in total. The van der Waals surface area contributed by atoms with E-state index in [0.29, 0.717) is 0 Å². The minimum absolute atomic E-state index is 0.00271. The number of pyridine rings is 1. The third kappa shape index (κ3) is 3.79. The fourth-order valence-corrected chi connectivity index (χ4v) is 1.90. The molecule has 5 heteroatoms. The third-order valence-corrected chi connectivity index (χ3v) is 3.27. The van der Waals surface area contributed by atoms with Gasteiger partial charge in [0.1, 0.15) is 0 Å². The number of carboxylic acid groups (broad SMARTS) is 1. The van der Waals surface area contributed by atoms with Gasteiger partial charge in [-0.2, -0.15) is 0 Å². The molecule has 0 aliphatic carbocycles. The Hall–Kier alpha value is -2.95. The van der Waals surface area contributed by atoms with E-state index in [1.165, 1.54) is 30.1 Å². The molecular weight excluding hydrogens is 280 g/mol. The van der Waals surface area contributed by atoms with Crippen LogP contribution in [0.25, 0.3) is 6.08 Å². The SMILES string of the molecule is Cc1ccc(/C=C/C(=O)Nc2cnccc2C(=O)O)cc1C. The fourth-order valence-electron chi connectivity index (χ4n) is 1.90. The van der Waals surface area contributed by atoms with Crippen molar-refractivity contribution in [2.24, 2.45) is 0 Å². The second-order valence-electron chi connectivity index (χ2n) is 4.89. The molecular formula is C17H16N2O3. The lowest BCUT2D eigenvalue weighted by molar-refractivity contribution is -0.111. The van der Waals surface area contributed by atoms with E-state index in [-0.39, 0.29) is 11.3 Å². The van der Waals surface area contributed by atoms with Gasteiger partial charge in [-0.1, -0.05) is 18.2 Å². The number of aromatic carboxylic acids is 1. The zero-order valence-corrected chi connectivity index (χ0v) is 12.3.